The molecule has 0 radical (unpaired) electrons. The highest BCUT2D eigenvalue weighted by Crippen LogP contribution is 2.22. The van der Waals surface area contributed by atoms with Crippen molar-refractivity contribution in [3.63, 3.8) is 0 Å². The van der Waals surface area contributed by atoms with Crippen molar-refractivity contribution in [1.82, 2.24) is 0 Å². The summed E-state index contributed by atoms with van der Waals surface area (Å²) in [5.74, 6) is -0.0179. The van der Waals surface area contributed by atoms with Gasteiger partial charge in [0.25, 0.3) is 0 Å². The second kappa shape index (κ2) is 4.13. The van der Waals surface area contributed by atoms with Gasteiger partial charge >= 0.3 is 0 Å². The summed E-state index contributed by atoms with van der Waals surface area (Å²) in [5.41, 5.74) is 2.78. The van der Waals surface area contributed by atoms with Crippen LogP contribution in [0.25, 0.3) is 11.3 Å². The molecule has 0 bridgehead atoms. The number of hydrogen-bond acceptors (Lipinski definition) is 2. The average molecular weight is 202 g/mol. The fraction of sp³-hybridized carbons (Fsp3) is 0.154. The first-order valence-electron chi connectivity index (χ1n) is 4.62. The van der Waals surface area contributed by atoms with E-state index < -0.39 is 0 Å². The minimum absolute atomic E-state index is 0.00685. The minimum Gasteiger partial charge on any atom is -0.508 e. The number of rotatable bonds is 3. The summed E-state index contributed by atoms with van der Waals surface area (Å²) < 4.78 is 0. The van der Waals surface area contributed by atoms with Gasteiger partial charge in [-0.15, -0.1) is 0 Å². The van der Waals surface area contributed by atoms with Gasteiger partial charge in [0, 0.05) is 11.1 Å². The second-order valence-corrected chi connectivity index (χ2v) is 3.54. The van der Waals surface area contributed by atoms with Gasteiger partial charge in [0.15, 0.2) is 5.78 Å². The fourth-order valence-electron chi connectivity index (χ4n) is 1.38. The molecule has 1 aromatic rings. The van der Waals surface area contributed by atoms with Gasteiger partial charge in [0.2, 0.25) is 0 Å². The third kappa shape index (κ3) is 2.34. The van der Waals surface area contributed by atoms with Gasteiger partial charge in [-0.1, -0.05) is 30.9 Å². The van der Waals surface area contributed by atoms with Gasteiger partial charge in [-0.2, -0.15) is 0 Å². The largest absolute Gasteiger partial charge is 0.508 e. The van der Waals surface area contributed by atoms with Crippen LogP contribution in [0, 0.1) is 0 Å². The zero-order valence-electron chi connectivity index (χ0n) is 9.00. The van der Waals surface area contributed by atoms with E-state index in [9.17, 15) is 9.90 Å². The number of ketones is 1. The molecule has 0 aliphatic rings. The Balaban J connectivity index is 3.40. The van der Waals surface area contributed by atoms with Crippen LogP contribution in [-0.2, 0) is 0 Å². The van der Waals surface area contributed by atoms with Crippen LogP contribution in [0.15, 0.2) is 31.4 Å². The topological polar surface area (TPSA) is 37.3 Å². The van der Waals surface area contributed by atoms with Crippen LogP contribution in [0.2, 0.25) is 0 Å². The van der Waals surface area contributed by atoms with Gasteiger partial charge in [0.1, 0.15) is 5.76 Å². The van der Waals surface area contributed by atoms with Crippen molar-refractivity contribution in [2.24, 2.45) is 0 Å². The smallest absolute Gasteiger partial charge is 0.160 e. The molecule has 0 aliphatic carbocycles. The lowest BCUT2D eigenvalue weighted by atomic mass is 9.96. The SMILES string of the molecule is C=C(O)c1ccc(C(C)=O)c(C(=C)C)c1. The number of allylic oxidation sites excluding steroid dienone is 1. The van der Waals surface area contributed by atoms with Crippen molar-refractivity contribution < 1.29 is 9.90 Å². The van der Waals surface area contributed by atoms with Crippen molar-refractivity contribution in [2.45, 2.75) is 13.8 Å². The van der Waals surface area contributed by atoms with Crippen molar-refractivity contribution in [3.8, 4) is 0 Å². The molecule has 0 saturated carbocycles. The van der Waals surface area contributed by atoms with E-state index in [4.69, 9.17) is 0 Å². The lowest BCUT2D eigenvalue weighted by Gasteiger charge is -2.08. The predicted octanol–water partition coefficient (Wildman–Crippen LogP) is 3.45. The standard InChI is InChI=1S/C13H14O2/c1-8(2)13-7-11(9(3)14)5-6-12(13)10(4)15/h5-7,14H,1,3H2,2,4H3. The summed E-state index contributed by atoms with van der Waals surface area (Å²) >= 11 is 0. The van der Waals surface area contributed by atoms with Crippen molar-refractivity contribution in [2.75, 3.05) is 0 Å². The van der Waals surface area contributed by atoms with E-state index in [1.807, 2.05) is 6.92 Å². The molecule has 0 spiro atoms. The second-order valence-electron chi connectivity index (χ2n) is 3.54. The highest BCUT2D eigenvalue weighted by atomic mass is 16.3. The maximum absolute atomic E-state index is 11.3. The lowest BCUT2D eigenvalue weighted by molar-refractivity contribution is 0.101. The Bertz CT molecular complexity index is 442. The Morgan fingerprint density at radius 1 is 1.20 bits per heavy atom. The van der Waals surface area contributed by atoms with E-state index in [1.165, 1.54) is 6.92 Å². The summed E-state index contributed by atoms with van der Waals surface area (Å²) in [5, 5.41) is 9.25. The van der Waals surface area contributed by atoms with Gasteiger partial charge in [-0.05, 0) is 25.5 Å². The van der Waals surface area contributed by atoms with E-state index >= 15 is 0 Å². The Morgan fingerprint density at radius 2 is 1.80 bits per heavy atom. The highest BCUT2D eigenvalue weighted by molar-refractivity contribution is 5.99. The number of aliphatic hydroxyl groups is 1. The molecule has 2 heteroatoms. The minimum atomic E-state index is -0.0110. The van der Waals surface area contributed by atoms with E-state index in [0.29, 0.717) is 11.1 Å². The van der Waals surface area contributed by atoms with Crippen LogP contribution in [0.5, 0.6) is 0 Å². The first-order chi connectivity index (χ1) is 6.93. The summed E-state index contributed by atoms with van der Waals surface area (Å²) in [6, 6.07) is 5.08. The van der Waals surface area contributed by atoms with E-state index in [0.717, 1.165) is 11.1 Å². The third-order valence-electron chi connectivity index (χ3n) is 2.19. The number of carbonyl (C=O) groups is 1. The van der Waals surface area contributed by atoms with Crippen LogP contribution >= 0.6 is 0 Å². The third-order valence-corrected chi connectivity index (χ3v) is 2.19. The maximum atomic E-state index is 11.3. The summed E-state index contributed by atoms with van der Waals surface area (Å²) in [4.78, 5) is 11.3. The molecule has 0 unspecified atom stereocenters. The Hall–Kier alpha value is -1.83. The maximum Gasteiger partial charge on any atom is 0.160 e. The quantitative estimate of drug-likeness (QED) is 0.602. The summed E-state index contributed by atoms with van der Waals surface area (Å²) in [6.07, 6.45) is 0. The molecule has 1 N–H and O–H groups in total. The molecule has 1 aromatic carbocycles. The Kier molecular flexibility index (Phi) is 3.10. The molecule has 0 aromatic heterocycles. The lowest BCUT2D eigenvalue weighted by Crippen LogP contribution is -1.99. The first-order valence-corrected chi connectivity index (χ1v) is 4.62. The first kappa shape index (κ1) is 11.2. The molecule has 15 heavy (non-hydrogen) atoms. The van der Waals surface area contributed by atoms with Crippen LogP contribution in [0.3, 0.4) is 0 Å². The molecule has 0 atom stereocenters. The van der Waals surface area contributed by atoms with Crippen LogP contribution < -0.4 is 0 Å². The highest BCUT2D eigenvalue weighted by Gasteiger charge is 2.09. The van der Waals surface area contributed by atoms with Gasteiger partial charge in [-0.25, -0.2) is 0 Å². The van der Waals surface area contributed by atoms with Crippen molar-refractivity contribution >= 4 is 17.1 Å². The van der Waals surface area contributed by atoms with Crippen LogP contribution in [-0.4, -0.2) is 10.9 Å². The van der Waals surface area contributed by atoms with E-state index in [2.05, 4.69) is 13.2 Å². The molecule has 0 saturated heterocycles. The van der Waals surface area contributed by atoms with Gasteiger partial charge in [0.05, 0.1) is 0 Å². The molecule has 0 amide bonds. The zero-order chi connectivity index (χ0) is 11.6. The predicted molar refractivity (Wildman–Crippen MR) is 62.8 cm³/mol. The number of Topliss-reactive ketones (excluding diaryl/α,β-unsaturated/α-hetero) is 1. The molecule has 0 heterocycles. The number of benzene rings is 1. The zero-order valence-corrected chi connectivity index (χ0v) is 9.00. The van der Waals surface area contributed by atoms with Crippen molar-refractivity contribution in [1.29, 1.82) is 0 Å². The molecule has 78 valence electrons. The molecule has 2 nitrogen and oxygen atoms in total. The summed E-state index contributed by atoms with van der Waals surface area (Å²) in [6.45, 7) is 10.6. The summed E-state index contributed by atoms with van der Waals surface area (Å²) in [7, 11) is 0. The average Bonchev–Trinajstić information content (AvgIpc) is 2.16. The van der Waals surface area contributed by atoms with Crippen LogP contribution in [0.4, 0.5) is 0 Å². The Morgan fingerprint density at radius 3 is 2.20 bits per heavy atom. The normalized spacial score (nSPS) is 9.73. The molecule has 1 rings (SSSR count). The van der Waals surface area contributed by atoms with Crippen molar-refractivity contribution in [3.05, 3.63) is 48.0 Å². The van der Waals surface area contributed by atoms with E-state index in [-0.39, 0.29) is 11.5 Å². The molecule has 0 fully saturated rings. The number of hydrogen-bond donors (Lipinski definition) is 1. The number of aliphatic hydroxyl groups excluding tert-OH is 1. The monoisotopic (exact) mass is 202 g/mol. The van der Waals surface area contributed by atoms with Crippen LogP contribution in [0.1, 0.15) is 35.3 Å². The number of carbonyl (C=O) groups excluding carboxylic acids is 1. The van der Waals surface area contributed by atoms with E-state index in [1.54, 1.807) is 18.2 Å². The molecular weight excluding hydrogens is 188 g/mol. The van der Waals surface area contributed by atoms with Gasteiger partial charge in [-0.3, -0.25) is 4.79 Å². The molecular formula is C13H14O2. The molecule has 0 aliphatic heterocycles. The van der Waals surface area contributed by atoms with Gasteiger partial charge < -0.3 is 5.11 Å². The fourth-order valence-corrected chi connectivity index (χ4v) is 1.38. The Labute approximate surface area is 89.6 Å².